The van der Waals surface area contributed by atoms with Gasteiger partial charge in [0, 0.05) is 31.0 Å². The average Bonchev–Trinajstić information content (AvgIpc) is 3.76. The Balaban J connectivity index is 1.20. The molecule has 1 unspecified atom stereocenters. The fraction of sp³-hybridized carbons (Fsp3) is 0.654. The van der Waals surface area contributed by atoms with E-state index in [1.54, 1.807) is 4.90 Å². The van der Waals surface area contributed by atoms with E-state index in [-0.39, 0.29) is 5.41 Å². The van der Waals surface area contributed by atoms with Gasteiger partial charge in [0.1, 0.15) is 17.4 Å². The Morgan fingerprint density at radius 1 is 1.14 bits per heavy atom. The molecule has 2 N–H and O–H groups in total. The fourth-order valence-electron chi connectivity index (χ4n) is 5.47. The lowest BCUT2D eigenvalue weighted by Crippen LogP contribution is -2.65. The van der Waals surface area contributed by atoms with E-state index in [9.17, 15) is 28.0 Å². The molecule has 1 aromatic rings. The van der Waals surface area contributed by atoms with Gasteiger partial charge in [0.2, 0.25) is 5.91 Å². The van der Waals surface area contributed by atoms with Crippen LogP contribution in [0.1, 0.15) is 56.9 Å². The minimum atomic E-state index is -3.52. The van der Waals surface area contributed by atoms with Crippen LogP contribution < -0.4 is 10.6 Å². The van der Waals surface area contributed by atoms with Crippen molar-refractivity contribution in [1.82, 2.24) is 20.4 Å². The number of alkyl halides is 2. The third-order valence-corrected chi connectivity index (χ3v) is 8.22. The molecule has 36 heavy (non-hydrogen) atoms. The predicted octanol–water partition coefficient (Wildman–Crippen LogP) is 3.51. The highest BCUT2D eigenvalue weighted by Crippen LogP contribution is 2.43. The molecule has 3 amide bonds. The monoisotopic (exact) mass is 503 g/mol. The number of halogens is 3. The van der Waals surface area contributed by atoms with Gasteiger partial charge in [-0.3, -0.25) is 4.79 Å². The first-order valence-electron chi connectivity index (χ1n) is 12.8. The molecular weight excluding hydrogens is 471 g/mol. The van der Waals surface area contributed by atoms with Crippen LogP contribution in [0.3, 0.4) is 0 Å². The second kappa shape index (κ2) is 9.25. The maximum atomic E-state index is 14.8. The van der Waals surface area contributed by atoms with Gasteiger partial charge in [-0.15, -0.1) is 0 Å². The molecule has 1 aromatic carbocycles. The maximum Gasteiger partial charge on any atom is 0.318 e. The third kappa shape index (κ3) is 5.17. The topological polar surface area (TPSA) is 88.5 Å². The number of carbonyl (C=O) groups is 2. The number of urea groups is 1. The molecular formula is C26H32F3N5O2. The molecule has 4 aliphatic rings. The highest BCUT2D eigenvalue weighted by atomic mass is 19.3. The van der Waals surface area contributed by atoms with Gasteiger partial charge in [-0.2, -0.15) is 5.26 Å². The lowest BCUT2D eigenvalue weighted by Gasteiger charge is -2.54. The Labute approximate surface area is 209 Å². The molecule has 1 spiro atoms. The van der Waals surface area contributed by atoms with Crippen molar-refractivity contribution in [2.75, 3.05) is 26.2 Å². The molecule has 194 valence electrons. The van der Waals surface area contributed by atoms with Crippen molar-refractivity contribution in [2.24, 2.45) is 5.41 Å². The number of nitrogens with one attached hydrogen (secondary N) is 2. The standard InChI is InChI=1S/C26H32F3N5O2/c27-20-4-2-1-3-19(20)26(28,29)8-7-21(22(35)32-25(15-30)9-10-25)31-23(36)34-16-24(17-34)11-13-33(14-12-24)18-5-6-18/h1-4,18,21H,5-14,16-17H2,(H,31,36)(H,32,35). The van der Waals surface area contributed by atoms with Crippen molar-refractivity contribution in [3.8, 4) is 6.07 Å². The van der Waals surface area contributed by atoms with Gasteiger partial charge in [-0.1, -0.05) is 18.2 Å². The Morgan fingerprint density at radius 2 is 1.81 bits per heavy atom. The molecule has 7 nitrogen and oxygen atoms in total. The quantitative estimate of drug-likeness (QED) is 0.568. The maximum absolute atomic E-state index is 14.8. The summed E-state index contributed by atoms with van der Waals surface area (Å²) in [6.07, 6.45) is 4.33. The number of hydrogen-bond acceptors (Lipinski definition) is 4. The first-order valence-corrected chi connectivity index (χ1v) is 12.8. The number of nitriles is 1. The summed E-state index contributed by atoms with van der Waals surface area (Å²) >= 11 is 0. The molecule has 2 saturated carbocycles. The average molecular weight is 504 g/mol. The number of carbonyl (C=O) groups excluding carboxylic acids is 2. The van der Waals surface area contributed by atoms with Gasteiger partial charge in [-0.05, 0) is 64.1 Å². The molecule has 2 saturated heterocycles. The van der Waals surface area contributed by atoms with Crippen molar-refractivity contribution in [3.63, 3.8) is 0 Å². The van der Waals surface area contributed by atoms with Crippen LogP contribution in [0.25, 0.3) is 0 Å². The molecule has 5 rings (SSSR count). The second-order valence-electron chi connectivity index (χ2n) is 11.0. The summed E-state index contributed by atoms with van der Waals surface area (Å²) < 4.78 is 43.6. The van der Waals surface area contributed by atoms with Gasteiger partial charge in [0.25, 0.3) is 5.92 Å². The SMILES string of the molecule is N#CC1(NC(=O)C(CCC(F)(F)c2ccccc2F)NC(=O)N2CC3(CCN(C4CC4)CC3)C2)CC1. The van der Waals surface area contributed by atoms with E-state index >= 15 is 0 Å². The first-order chi connectivity index (χ1) is 17.1. The number of piperidine rings is 1. The minimum Gasteiger partial charge on any atom is -0.336 e. The summed E-state index contributed by atoms with van der Waals surface area (Å²) in [5.74, 6) is -5.20. The Kier molecular flexibility index (Phi) is 6.39. The lowest BCUT2D eigenvalue weighted by molar-refractivity contribution is -0.124. The van der Waals surface area contributed by atoms with Crippen LogP contribution in [-0.2, 0) is 10.7 Å². The van der Waals surface area contributed by atoms with Gasteiger partial charge in [-0.25, -0.2) is 18.0 Å². The van der Waals surface area contributed by atoms with Crippen LogP contribution in [-0.4, -0.2) is 65.5 Å². The minimum absolute atomic E-state index is 0.0945. The van der Waals surface area contributed by atoms with Gasteiger partial charge >= 0.3 is 6.03 Å². The first kappa shape index (κ1) is 24.9. The van der Waals surface area contributed by atoms with E-state index < -0.39 is 53.7 Å². The number of benzene rings is 1. The van der Waals surface area contributed by atoms with Crippen LogP contribution >= 0.6 is 0 Å². The van der Waals surface area contributed by atoms with Crippen molar-refractivity contribution >= 4 is 11.9 Å². The van der Waals surface area contributed by atoms with Gasteiger partial charge in [0.05, 0.1) is 11.6 Å². The molecule has 0 bridgehead atoms. The van der Waals surface area contributed by atoms with E-state index in [2.05, 4.69) is 15.5 Å². The number of amides is 3. The van der Waals surface area contributed by atoms with Crippen LogP contribution in [0.4, 0.5) is 18.0 Å². The Morgan fingerprint density at radius 3 is 2.39 bits per heavy atom. The summed E-state index contributed by atoms with van der Waals surface area (Å²) in [6.45, 7) is 3.23. The zero-order valence-electron chi connectivity index (χ0n) is 20.2. The van der Waals surface area contributed by atoms with E-state index in [0.29, 0.717) is 25.9 Å². The zero-order chi connectivity index (χ0) is 25.6. The van der Waals surface area contributed by atoms with Gasteiger partial charge in [0.15, 0.2) is 0 Å². The zero-order valence-corrected chi connectivity index (χ0v) is 20.2. The lowest BCUT2D eigenvalue weighted by atomic mass is 9.72. The molecule has 2 heterocycles. The van der Waals surface area contributed by atoms with Gasteiger partial charge < -0.3 is 20.4 Å². The highest BCUT2D eigenvalue weighted by molar-refractivity contribution is 5.88. The van der Waals surface area contributed by atoms with Crippen molar-refractivity contribution in [2.45, 2.75) is 74.9 Å². The van der Waals surface area contributed by atoms with E-state index in [0.717, 1.165) is 44.1 Å². The summed E-state index contributed by atoms with van der Waals surface area (Å²) in [6, 6.07) is 5.69. The highest BCUT2D eigenvalue weighted by Gasteiger charge is 2.49. The largest absolute Gasteiger partial charge is 0.336 e. The number of likely N-dealkylation sites (tertiary alicyclic amines) is 2. The van der Waals surface area contributed by atoms with Crippen LogP contribution in [0.15, 0.2) is 24.3 Å². The van der Waals surface area contributed by atoms with Crippen LogP contribution in [0.2, 0.25) is 0 Å². The summed E-state index contributed by atoms with van der Waals surface area (Å²) in [7, 11) is 0. The van der Waals surface area contributed by atoms with E-state index in [1.807, 2.05) is 6.07 Å². The second-order valence-corrected chi connectivity index (χ2v) is 11.0. The van der Waals surface area contributed by atoms with E-state index in [1.165, 1.54) is 25.0 Å². The number of nitrogens with zero attached hydrogens (tertiary/aromatic N) is 3. The molecule has 0 radical (unpaired) electrons. The fourth-order valence-corrected chi connectivity index (χ4v) is 5.47. The smallest absolute Gasteiger partial charge is 0.318 e. The molecule has 1 atom stereocenters. The van der Waals surface area contributed by atoms with Crippen molar-refractivity contribution < 1.29 is 22.8 Å². The Bertz CT molecular complexity index is 1050. The number of hydrogen-bond donors (Lipinski definition) is 2. The summed E-state index contributed by atoms with van der Waals surface area (Å²) in [4.78, 5) is 30.0. The summed E-state index contributed by atoms with van der Waals surface area (Å²) in [5, 5.41) is 14.5. The molecule has 4 fully saturated rings. The Hall–Kier alpha value is -2.80. The third-order valence-electron chi connectivity index (χ3n) is 8.22. The number of rotatable bonds is 8. The molecule has 0 aromatic heterocycles. The molecule has 10 heteroatoms. The van der Waals surface area contributed by atoms with E-state index in [4.69, 9.17) is 0 Å². The van der Waals surface area contributed by atoms with Crippen LogP contribution in [0.5, 0.6) is 0 Å². The molecule has 2 aliphatic carbocycles. The van der Waals surface area contributed by atoms with Crippen LogP contribution in [0, 0.1) is 22.6 Å². The normalized spacial score (nSPS) is 23.3. The van der Waals surface area contributed by atoms with Crippen molar-refractivity contribution in [1.29, 1.82) is 5.26 Å². The van der Waals surface area contributed by atoms with Crippen molar-refractivity contribution in [3.05, 3.63) is 35.6 Å². The molecule has 2 aliphatic heterocycles. The summed E-state index contributed by atoms with van der Waals surface area (Å²) in [5.41, 5.74) is -1.64. The predicted molar refractivity (Wildman–Crippen MR) is 125 cm³/mol.